The van der Waals surface area contributed by atoms with E-state index >= 15 is 0 Å². The van der Waals surface area contributed by atoms with Crippen LogP contribution in [0.15, 0.2) is 11.6 Å². The lowest BCUT2D eigenvalue weighted by atomic mass is 9.99. The third-order valence-electron chi connectivity index (χ3n) is 10.1. The van der Waals surface area contributed by atoms with Gasteiger partial charge in [-0.1, -0.05) is 90.4 Å². The maximum atomic E-state index is 11.6. The summed E-state index contributed by atoms with van der Waals surface area (Å²) < 4.78 is 17.7. The van der Waals surface area contributed by atoms with Crippen LogP contribution < -0.4 is 0 Å². The molecule has 3 N–H and O–H groups in total. The molecule has 8 atom stereocenters. The van der Waals surface area contributed by atoms with E-state index in [4.69, 9.17) is 14.2 Å². The van der Waals surface area contributed by atoms with Crippen molar-refractivity contribution in [2.75, 3.05) is 0 Å². The Morgan fingerprint density at radius 2 is 1.14 bits per heavy atom. The summed E-state index contributed by atoms with van der Waals surface area (Å²) in [6.07, 6.45) is 25.7. The van der Waals surface area contributed by atoms with Gasteiger partial charge in [-0.05, 0) is 83.6 Å². The zero-order chi connectivity index (χ0) is 31.6. The highest BCUT2D eigenvalue weighted by molar-refractivity contribution is 5.90. The van der Waals surface area contributed by atoms with E-state index in [0.29, 0.717) is 6.42 Å². The van der Waals surface area contributed by atoms with Crippen LogP contribution in [-0.4, -0.2) is 70.1 Å². The number of rotatable bonds is 25. The predicted octanol–water partition coefficient (Wildman–Crippen LogP) is 7.86. The van der Waals surface area contributed by atoms with Gasteiger partial charge in [-0.2, -0.15) is 0 Å². The second-order valence-electron chi connectivity index (χ2n) is 14.0. The van der Waals surface area contributed by atoms with Crippen molar-refractivity contribution in [3.8, 4) is 0 Å². The largest absolute Gasteiger partial charge is 0.455 e. The van der Waals surface area contributed by atoms with Crippen molar-refractivity contribution in [1.29, 1.82) is 0 Å². The molecular weight excluding hydrogens is 556 g/mol. The molecule has 0 aromatic carbocycles. The lowest BCUT2D eigenvalue weighted by Gasteiger charge is -2.24. The van der Waals surface area contributed by atoms with Gasteiger partial charge in [0.1, 0.15) is 6.10 Å². The molecule has 0 saturated carbocycles. The number of carbonyl (C=O) groups is 1. The Hall–Kier alpha value is -0.990. The van der Waals surface area contributed by atoms with Gasteiger partial charge in [-0.3, -0.25) is 0 Å². The van der Waals surface area contributed by atoms with Gasteiger partial charge in [0, 0.05) is 5.57 Å². The van der Waals surface area contributed by atoms with Crippen LogP contribution in [0.25, 0.3) is 0 Å². The smallest absolute Gasteiger partial charge is 0.334 e. The third-order valence-corrected chi connectivity index (χ3v) is 10.1. The molecule has 3 aliphatic heterocycles. The van der Waals surface area contributed by atoms with Gasteiger partial charge in [0.05, 0.1) is 42.7 Å². The number of unbranched alkanes of at least 4 members (excludes halogenated alkanes) is 12. The topological polar surface area (TPSA) is 105 Å². The standard InChI is InChI=1S/C37H66O7/c1-3-4-5-15-19-30(38)20-17-22-32(40)34-24-26-36(44-34)35-25-23-33(43-35)31(39)21-16-13-11-9-7-6-8-10-12-14-18-29-27-28(2)42-37(29)41/h27-28,30-36,38-40H,3-26H2,1-2H3/t28?,30-,31-,32-,33-,34+,35-,36-/m1/s1. The van der Waals surface area contributed by atoms with Gasteiger partial charge in [-0.25, -0.2) is 4.79 Å². The summed E-state index contributed by atoms with van der Waals surface area (Å²) in [5.74, 6) is -0.123. The van der Waals surface area contributed by atoms with Crippen molar-refractivity contribution in [3.05, 3.63) is 11.6 Å². The van der Waals surface area contributed by atoms with Gasteiger partial charge in [0.15, 0.2) is 0 Å². The normalized spacial score (nSPS) is 27.4. The first kappa shape index (κ1) is 37.5. The van der Waals surface area contributed by atoms with Gasteiger partial charge < -0.3 is 29.5 Å². The van der Waals surface area contributed by atoms with Gasteiger partial charge in [-0.15, -0.1) is 0 Å². The molecule has 1 unspecified atom stereocenters. The summed E-state index contributed by atoms with van der Waals surface area (Å²) in [7, 11) is 0. The van der Waals surface area contributed by atoms with E-state index in [1.165, 1.54) is 64.2 Å². The highest BCUT2D eigenvalue weighted by Crippen LogP contribution is 2.34. The number of aliphatic hydroxyl groups excluding tert-OH is 3. The number of carbonyl (C=O) groups excluding carboxylic acids is 1. The Morgan fingerprint density at radius 3 is 1.68 bits per heavy atom. The molecule has 44 heavy (non-hydrogen) atoms. The van der Waals surface area contributed by atoms with E-state index in [-0.39, 0.29) is 42.6 Å². The van der Waals surface area contributed by atoms with Crippen molar-refractivity contribution < 1.29 is 34.3 Å². The minimum absolute atomic E-state index is 0.0170. The molecule has 3 rings (SSSR count). The maximum absolute atomic E-state index is 11.6. The summed E-state index contributed by atoms with van der Waals surface area (Å²) in [6.45, 7) is 4.11. The average Bonchev–Trinajstić information content (AvgIpc) is 3.76. The zero-order valence-electron chi connectivity index (χ0n) is 28.1. The first-order valence-corrected chi connectivity index (χ1v) is 18.6. The van der Waals surface area contributed by atoms with Crippen LogP contribution in [0.1, 0.15) is 168 Å². The molecule has 2 fully saturated rings. The second kappa shape index (κ2) is 21.7. The highest BCUT2D eigenvalue weighted by Gasteiger charge is 2.40. The van der Waals surface area contributed by atoms with Crippen molar-refractivity contribution in [3.63, 3.8) is 0 Å². The summed E-state index contributed by atoms with van der Waals surface area (Å²) >= 11 is 0. The van der Waals surface area contributed by atoms with Crippen LogP contribution in [-0.2, 0) is 19.0 Å². The molecule has 3 aliphatic rings. The molecule has 0 amide bonds. The van der Waals surface area contributed by atoms with Crippen LogP contribution in [0.3, 0.4) is 0 Å². The SMILES string of the molecule is CCCCCC[C@@H](O)CCC[C@@H](O)[C@@H]1CC[C@H]([C@H]2CC[C@H]([C@H](O)CCCCCCCCCCCCC3=CC(C)OC3=O)O2)O1. The summed E-state index contributed by atoms with van der Waals surface area (Å²) in [5.41, 5.74) is 0.863. The quantitative estimate of drug-likeness (QED) is 0.0703. The molecule has 0 aliphatic carbocycles. The van der Waals surface area contributed by atoms with Gasteiger partial charge in [0.25, 0.3) is 0 Å². The number of cyclic esters (lactones) is 1. The summed E-state index contributed by atoms with van der Waals surface area (Å²) in [6, 6.07) is 0. The Morgan fingerprint density at radius 1 is 0.659 bits per heavy atom. The zero-order valence-corrected chi connectivity index (χ0v) is 28.1. The third kappa shape index (κ3) is 14.2. The molecule has 7 nitrogen and oxygen atoms in total. The molecule has 0 aromatic rings. The minimum Gasteiger partial charge on any atom is -0.455 e. The van der Waals surface area contributed by atoms with Crippen LogP contribution in [0, 0.1) is 0 Å². The van der Waals surface area contributed by atoms with E-state index < -0.39 is 12.2 Å². The lowest BCUT2D eigenvalue weighted by Crippen LogP contribution is -2.33. The summed E-state index contributed by atoms with van der Waals surface area (Å²) in [5, 5.41) is 31.6. The molecule has 256 valence electrons. The number of esters is 1. The van der Waals surface area contributed by atoms with Gasteiger partial charge >= 0.3 is 5.97 Å². The molecular formula is C37H66O7. The number of aliphatic hydroxyl groups is 3. The molecule has 0 radical (unpaired) electrons. The molecule has 2 saturated heterocycles. The fourth-order valence-corrected chi connectivity index (χ4v) is 7.28. The first-order valence-electron chi connectivity index (χ1n) is 18.6. The van der Waals surface area contributed by atoms with Crippen LogP contribution in [0.4, 0.5) is 0 Å². The molecule has 0 bridgehead atoms. The highest BCUT2D eigenvalue weighted by atomic mass is 16.6. The Bertz CT molecular complexity index is 801. The van der Waals surface area contributed by atoms with Crippen LogP contribution in [0.2, 0.25) is 0 Å². The monoisotopic (exact) mass is 622 g/mol. The van der Waals surface area contributed by atoms with E-state index in [1.807, 2.05) is 13.0 Å². The van der Waals surface area contributed by atoms with Crippen molar-refractivity contribution in [1.82, 2.24) is 0 Å². The van der Waals surface area contributed by atoms with Gasteiger partial charge in [0.2, 0.25) is 0 Å². The fourth-order valence-electron chi connectivity index (χ4n) is 7.28. The molecule has 7 heteroatoms. The Kier molecular flexibility index (Phi) is 18.5. The number of hydrogen-bond donors (Lipinski definition) is 3. The van der Waals surface area contributed by atoms with E-state index in [2.05, 4.69) is 6.92 Å². The van der Waals surface area contributed by atoms with Crippen LogP contribution >= 0.6 is 0 Å². The van der Waals surface area contributed by atoms with E-state index in [1.54, 1.807) is 0 Å². The first-order chi connectivity index (χ1) is 21.4. The van der Waals surface area contributed by atoms with Crippen molar-refractivity contribution in [2.45, 2.75) is 217 Å². The van der Waals surface area contributed by atoms with E-state index in [0.717, 1.165) is 89.0 Å². The lowest BCUT2D eigenvalue weighted by molar-refractivity contribution is -0.139. The fraction of sp³-hybridized carbons (Fsp3) is 0.919. The summed E-state index contributed by atoms with van der Waals surface area (Å²) in [4.78, 5) is 11.6. The molecule has 0 spiro atoms. The van der Waals surface area contributed by atoms with Crippen LogP contribution in [0.5, 0.6) is 0 Å². The van der Waals surface area contributed by atoms with Crippen molar-refractivity contribution >= 4 is 5.97 Å². The minimum atomic E-state index is -0.479. The molecule has 3 heterocycles. The maximum Gasteiger partial charge on any atom is 0.334 e. The van der Waals surface area contributed by atoms with Crippen molar-refractivity contribution in [2.24, 2.45) is 0 Å². The molecule has 0 aromatic heterocycles. The average molecular weight is 623 g/mol. The number of hydrogen-bond acceptors (Lipinski definition) is 7. The number of ether oxygens (including phenoxy) is 3. The Labute approximate surface area is 268 Å². The van der Waals surface area contributed by atoms with E-state index in [9.17, 15) is 20.1 Å². The Balaban J connectivity index is 1.13. The predicted molar refractivity (Wildman–Crippen MR) is 175 cm³/mol. The second-order valence-corrected chi connectivity index (χ2v) is 14.0.